The van der Waals surface area contributed by atoms with Gasteiger partial charge in [-0.25, -0.2) is 11.4 Å². The highest BCUT2D eigenvalue weighted by atomic mass is 32.2. The zero-order valence-corrected chi connectivity index (χ0v) is 9.87. The summed E-state index contributed by atoms with van der Waals surface area (Å²) in [4.78, 5) is 14.4. The number of hydrogen-bond acceptors (Lipinski definition) is 3. The smallest absolute Gasteiger partial charge is 0.390 e. The molecule has 0 unspecified atom stereocenters. The Morgan fingerprint density at radius 1 is 1.50 bits per heavy atom. The summed E-state index contributed by atoms with van der Waals surface area (Å²) >= 11 is 1.57. The lowest BCUT2D eigenvalue weighted by Gasteiger charge is -2.03. The van der Waals surface area contributed by atoms with Crippen LogP contribution in [0, 0.1) is 6.57 Å². The Balaban J connectivity index is 2.35. The van der Waals surface area contributed by atoms with Crippen LogP contribution >= 0.6 is 11.8 Å². The van der Waals surface area contributed by atoms with Crippen LogP contribution in [0.5, 0.6) is 0 Å². The molecule has 4 heteroatoms. The summed E-state index contributed by atoms with van der Waals surface area (Å²) in [5.41, 5.74) is 1.20. The van der Waals surface area contributed by atoms with Gasteiger partial charge in [-0.2, -0.15) is 0 Å². The van der Waals surface area contributed by atoms with E-state index in [1.807, 2.05) is 30.3 Å². The van der Waals surface area contributed by atoms with Gasteiger partial charge in [-0.15, -0.1) is 11.8 Å². The summed E-state index contributed by atoms with van der Waals surface area (Å²) in [6.45, 7) is 6.89. The Morgan fingerprint density at radius 2 is 2.19 bits per heavy atom. The third kappa shape index (κ3) is 3.95. The van der Waals surface area contributed by atoms with E-state index in [0.29, 0.717) is 5.75 Å². The van der Waals surface area contributed by atoms with Crippen LogP contribution in [0.25, 0.3) is 4.85 Å². The van der Waals surface area contributed by atoms with Gasteiger partial charge in [0.1, 0.15) is 0 Å². The first-order chi connectivity index (χ1) is 7.77. The van der Waals surface area contributed by atoms with Crippen LogP contribution in [0.4, 0.5) is 0 Å². The Bertz CT molecular complexity index is 372. The standard InChI is InChI=1S/C12H13NO2S/c1-13-11(12(14)15-2)9-16-8-10-6-4-3-5-7-10/h3-7,11H,8-9H2,2H3/t11-/m1/s1. The fourth-order valence-corrected chi connectivity index (χ4v) is 2.14. The fraction of sp³-hybridized carbons (Fsp3) is 0.333. The summed E-state index contributed by atoms with van der Waals surface area (Å²) in [7, 11) is 1.31. The third-order valence-corrected chi connectivity index (χ3v) is 3.11. The molecule has 0 aliphatic rings. The first-order valence-corrected chi connectivity index (χ1v) is 5.99. The molecule has 1 rings (SSSR count). The van der Waals surface area contributed by atoms with Gasteiger partial charge < -0.3 is 9.58 Å². The van der Waals surface area contributed by atoms with Gasteiger partial charge in [-0.05, 0) is 5.56 Å². The van der Waals surface area contributed by atoms with Crippen molar-refractivity contribution in [2.24, 2.45) is 0 Å². The fourth-order valence-electron chi connectivity index (χ4n) is 1.16. The number of thioether (sulfide) groups is 1. The van der Waals surface area contributed by atoms with Crippen molar-refractivity contribution in [2.75, 3.05) is 12.9 Å². The van der Waals surface area contributed by atoms with Crippen molar-refractivity contribution in [1.29, 1.82) is 0 Å². The SMILES string of the molecule is [C-]#[N+][C@H](CSCc1ccccc1)C(=O)OC. The molecule has 0 aliphatic carbocycles. The van der Waals surface area contributed by atoms with Gasteiger partial charge in [0.25, 0.3) is 0 Å². The van der Waals surface area contributed by atoms with E-state index < -0.39 is 12.0 Å². The minimum Gasteiger partial charge on any atom is -0.463 e. The number of benzene rings is 1. The number of ether oxygens (including phenoxy) is 1. The molecule has 3 nitrogen and oxygen atoms in total. The second kappa shape index (κ2) is 6.91. The molecule has 0 N–H and O–H groups in total. The number of hydrogen-bond donors (Lipinski definition) is 0. The van der Waals surface area contributed by atoms with Crippen molar-refractivity contribution < 1.29 is 9.53 Å². The molecule has 0 saturated carbocycles. The monoisotopic (exact) mass is 235 g/mol. The quantitative estimate of drug-likeness (QED) is 0.580. The molecule has 1 atom stereocenters. The molecular formula is C12H13NO2S. The normalized spacial score (nSPS) is 11.5. The summed E-state index contributed by atoms with van der Waals surface area (Å²) < 4.78 is 4.54. The van der Waals surface area contributed by atoms with E-state index in [1.165, 1.54) is 12.7 Å². The Kier molecular flexibility index (Phi) is 5.44. The van der Waals surface area contributed by atoms with Crippen molar-refractivity contribution in [3.63, 3.8) is 0 Å². The maximum absolute atomic E-state index is 11.1. The summed E-state index contributed by atoms with van der Waals surface area (Å²) in [5, 5.41) is 0. The summed E-state index contributed by atoms with van der Waals surface area (Å²) in [5.74, 6) is 0.838. The van der Waals surface area contributed by atoms with Crippen molar-refractivity contribution in [3.05, 3.63) is 47.3 Å². The Hall–Kier alpha value is -1.47. The van der Waals surface area contributed by atoms with Gasteiger partial charge in [0.05, 0.1) is 12.9 Å². The molecule has 0 amide bonds. The summed E-state index contributed by atoms with van der Waals surface area (Å²) in [6.07, 6.45) is 0. The topological polar surface area (TPSA) is 30.7 Å². The van der Waals surface area contributed by atoms with Crippen LogP contribution in [-0.4, -0.2) is 24.9 Å². The number of nitrogens with zero attached hydrogens (tertiary/aromatic N) is 1. The van der Waals surface area contributed by atoms with Crippen LogP contribution < -0.4 is 0 Å². The largest absolute Gasteiger partial charge is 0.463 e. The zero-order chi connectivity index (χ0) is 11.8. The zero-order valence-electron chi connectivity index (χ0n) is 9.05. The minimum absolute atomic E-state index is 0.449. The number of carbonyl (C=O) groups is 1. The van der Waals surface area contributed by atoms with Crippen molar-refractivity contribution in [2.45, 2.75) is 11.8 Å². The number of carbonyl (C=O) groups excluding carboxylic acids is 1. The molecule has 0 bridgehead atoms. The molecule has 0 radical (unpaired) electrons. The lowest BCUT2D eigenvalue weighted by molar-refractivity contribution is -0.140. The van der Waals surface area contributed by atoms with Crippen molar-refractivity contribution in [1.82, 2.24) is 0 Å². The lowest BCUT2D eigenvalue weighted by Crippen LogP contribution is -2.21. The van der Waals surface area contributed by atoms with E-state index in [9.17, 15) is 4.79 Å². The van der Waals surface area contributed by atoms with E-state index in [2.05, 4.69) is 9.58 Å². The molecule has 0 aliphatic heterocycles. The molecule has 1 aromatic rings. The number of esters is 1. The molecule has 1 aromatic carbocycles. The van der Waals surface area contributed by atoms with Gasteiger partial charge in [-0.3, -0.25) is 0 Å². The van der Waals surface area contributed by atoms with Crippen LogP contribution in [0.2, 0.25) is 0 Å². The van der Waals surface area contributed by atoms with E-state index in [4.69, 9.17) is 6.57 Å². The molecule has 84 valence electrons. The highest BCUT2D eigenvalue weighted by Gasteiger charge is 2.23. The van der Waals surface area contributed by atoms with Crippen LogP contribution in [0.1, 0.15) is 5.56 Å². The molecule has 0 heterocycles. The molecular weight excluding hydrogens is 222 g/mol. The first kappa shape index (κ1) is 12.6. The van der Waals surface area contributed by atoms with E-state index in [0.717, 1.165) is 5.75 Å². The predicted molar refractivity (Wildman–Crippen MR) is 65.0 cm³/mol. The maximum atomic E-state index is 11.1. The first-order valence-electron chi connectivity index (χ1n) is 4.84. The van der Waals surface area contributed by atoms with E-state index in [1.54, 1.807) is 11.8 Å². The van der Waals surface area contributed by atoms with Gasteiger partial charge in [0.15, 0.2) is 0 Å². The van der Waals surface area contributed by atoms with Crippen molar-refractivity contribution >= 4 is 17.7 Å². The molecule has 0 saturated heterocycles. The highest BCUT2D eigenvalue weighted by Crippen LogP contribution is 2.14. The van der Waals surface area contributed by atoms with Crippen molar-refractivity contribution in [3.8, 4) is 0 Å². The maximum Gasteiger partial charge on any atom is 0.390 e. The average molecular weight is 235 g/mol. The van der Waals surface area contributed by atoms with E-state index >= 15 is 0 Å². The summed E-state index contributed by atoms with van der Waals surface area (Å²) in [6, 6.07) is 9.28. The van der Waals surface area contributed by atoms with Gasteiger partial charge >= 0.3 is 12.0 Å². The lowest BCUT2D eigenvalue weighted by atomic mass is 10.2. The Morgan fingerprint density at radius 3 is 2.75 bits per heavy atom. The second-order valence-electron chi connectivity index (χ2n) is 3.17. The predicted octanol–water partition coefficient (Wildman–Crippen LogP) is 2.38. The average Bonchev–Trinajstić information content (AvgIpc) is 2.35. The van der Waals surface area contributed by atoms with Gasteiger partial charge in [-0.1, -0.05) is 30.3 Å². The molecule has 0 fully saturated rings. The Labute approximate surface area is 99.6 Å². The van der Waals surface area contributed by atoms with Crippen LogP contribution in [-0.2, 0) is 15.3 Å². The molecule has 0 spiro atoms. The molecule has 0 aromatic heterocycles. The van der Waals surface area contributed by atoms with Crippen LogP contribution in [0.15, 0.2) is 30.3 Å². The van der Waals surface area contributed by atoms with Gasteiger partial charge in [0.2, 0.25) is 0 Å². The number of methoxy groups -OCH3 is 1. The number of rotatable bonds is 5. The highest BCUT2D eigenvalue weighted by molar-refractivity contribution is 7.98. The van der Waals surface area contributed by atoms with Crippen LogP contribution in [0.3, 0.4) is 0 Å². The second-order valence-corrected chi connectivity index (χ2v) is 4.20. The van der Waals surface area contributed by atoms with Gasteiger partial charge in [0, 0.05) is 5.75 Å². The molecule has 16 heavy (non-hydrogen) atoms. The third-order valence-electron chi connectivity index (χ3n) is 2.02. The minimum atomic E-state index is -0.682. The van der Waals surface area contributed by atoms with E-state index in [-0.39, 0.29) is 0 Å².